The summed E-state index contributed by atoms with van der Waals surface area (Å²) in [6.07, 6.45) is 2.59. The lowest BCUT2D eigenvalue weighted by molar-refractivity contribution is 0.123. The van der Waals surface area contributed by atoms with Crippen molar-refractivity contribution in [1.82, 2.24) is 5.32 Å². The van der Waals surface area contributed by atoms with Crippen LogP contribution in [0, 0.1) is 5.92 Å². The molecule has 0 unspecified atom stereocenters. The molecule has 0 saturated carbocycles. The van der Waals surface area contributed by atoms with Gasteiger partial charge in [0.05, 0.1) is 18.1 Å². The number of nitrogens with one attached hydrogen (secondary N) is 1. The lowest BCUT2D eigenvalue weighted by atomic mass is 10.1. The third-order valence-corrected chi connectivity index (χ3v) is 4.79. The molecule has 0 spiro atoms. The summed E-state index contributed by atoms with van der Waals surface area (Å²) in [5.41, 5.74) is 0. The molecule has 1 fully saturated rings. The molecule has 5 heteroatoms. The second-order valence-corrected chi connectivity index (χ2v) is 7.48. The quantitative estimate of drug-likeness (QED) is 0.702. The van der Waals surface area contributed by atoms with Crippen LogP contribution in [0.1, 0.15) is 33.1 Å². The van der Waals surface area contributed by atoms with Crippen molar-refractivity contribution in [3.8, 4) is 0 Å². The van der Waals surface area contributed by atoms with Gasteiger partial charge < -0.3 is 10.1 Å². The molecule has 0 aromatic carbocycles. The van der Waals surface area contributed by atoms with E-state index < -0.39 is 9.84 Å². The molecule has 0 aromatic rings. The summed E-state index contributed by atoms with van der Waals surface area (Å²) in [6, 6.07) is 0.354. The maximum absolute atomic E-state index is 11.2. The summed E-state index contributed by atoms with van der Waals surface area (Å²) in [6.45, 7) is 6.73. The Balaban J connectivity index is 1.97. The van der Waals surface area contributed by atoms with Crippen molar-refractivity contribution >= 4 is 9.84 Å². The molecule has 1 aliphatic heterocycles. The maximum Gasteiger partial charge on any atom is 0.150 e. The molecule has 0 amide bonds. The van der Waals surface area contributed by atoms with E-state index >= 15 is 0 Å². The molecule has 0 bridgehead atoms. The van der Waals surface area contributed by atoms with Crippen molar-refractivity contribution in [3.05, 3.63) is 0 Å². The topological polar surface area (TPSA) is 55.4 Å². The number of hydrogen-bond donors (Lipinski definition) is 1. The second-order valence-electron chi connectivity index (χ2n) is 5.18. The summed E-state index contributed by atoms with van der Waals surface area (Å²) in [7, 11) is -2.74. The van der Waals surface area contributed by atoms with Crippen LogP contribution in [0.15, 0.2) is 0 Å². The summed E-state index contributed by atoms with van der Waals surface area (Å²) in [5.74, 6) is 1.35. The van der Waals surface area contributed by atoms with Crippen LogP contribution in [0.2, 0.25) is 0 Å². The first kappa shape index (κ1) is 14.9. The molecule has 1 rings (SSSR count). The fourth-order valence-electron chi connectivity index (χ4n) is 1.85. The highest BCUT2D eigenvalue weighted by Gasteiger charge is 2.22. The zero-order chi connectivity index (χ0) is 12.7. The fourth-order valence-corrected chi connectivity index (χ4v) is 3.34. The van der Waals surface area contributed by atoms with Crippen LogP contribution < -0.4 is 5.32 Å². The number of sulfone groups is 1. The van der Waals surface area contributed by atoms with Gasteiger partial charge in [-0.25, -0.2) is 8.42 Å². The molecule has 0 radical (unpaired) electrons. The van der Waals surface area contributed by atoms with Gasteiger partial charge in [-0.3, -0.25) is 0 Å². The fraction of sp³-hybridized carbons (Fsp3) is 1.00. The van der Waals surface area contributed by atoms with Crippen molar-refractivity contribution in [2.24, 2.45) is 5.92 Å². The Kier molecular flexibility index (Phi) is 6.44. The van der Waals surface area contributed by atoms with Gasteiger partial charge in [-0.05, 0) is 25.2 Å². The lowest BCUT2D eigenvalue weighted by Crippen LogP contribution is -2.39. The average Bonchev–Trinajstić information content (AvgIpc) is 2.25. The standard InChI is InChI=1S/C12H25NO3S/c1-11(2)3-7-16-8-6-13-12-4-9-17(14,15)10-5-12/h11-13H,3-10H2,1-2H3. The zero-order valence-corrected chi connectivity index (χ0v) is 11.8. The van der Waals surface area contributed by atoms with Gasteiger partial charge in [0, 0.05) is 19.2 Å². The molecule has 0 atom stereocenters. The van der Waals surface area contributed by atoms with Crippen LogP contribution in [0.4, 0.5) is 0 Å². The number of hydrogen-bond acceptors (Lipinski definition) is 4. The molecule has 4 nitrogen and oxygen atoms in total. The van der Waals surface area contributed by atoms with E-state index in [0.29, 0.717) is 23.5 Å². The van der Waals surface area contributed by atoms with Gasteiger partial charge in [-0.2, -0.15) is 0 Å². The van der Waals surface area contributed by atoms with Crippen molar-refractivity contribution in [2.75, 3.05) is 31.3 Å². The molecule has 1 N–H and O–H groups in total. The molecule has 17 heavy (non-hydrogen) atoms. The van der Waals surface area contributed by atoms with Crippen molar-refractivity contribution in [2.45, 2.75) is 39.2 Å². The van der Waals surface area contributed by atoms with Gasteiger partial charge in [0.25, 0.3) is 0 Å². The Hall–Kier alpha value is -0.130. The van der Waals surface area contributed by atoms with Crippen molar-refractivity contribution < 1.29 is 13.2 Å². The molecule has 1 aliphatic rings. The van der Waals surface area contributed by atoms with Crippen molar-refractivity contribution in [3.63, 3.8) is 0 Å². The number of rotatable bonds is 7. The zero-order valence-electron chi connectivity index (χ0n) is 10.9. The van der Waals surface area contributed by atoms with Crippen molar-refractivity contribution in [1.29, 1.82) is 0 Å². The molecule has 0 aromatic heterocycles. The minimum Gasteiger partial charge on any atom is -0.380 e. The summed E-state index contributed by atoms with van der Waals surface area (Å²) in [4.78, 5) is 0. The van der Waals surface area contributed by atoms with Crippen LogP contribution in [0.5, 0.6) is 0 Å². The highest BCUT2D eigenvalue weighted by molar-refractivity contribution is 7.91. The van der Waals surface area contributed by atoms with Gasteiger partial charge in [-0.1, -0.05) is 13.8 Å². The first-order valence-electron chi connectivity index (χ1n) is 6.51. The molecule has 1 heterocycles. The van der Waals surface area contributed by atoms with Gasteiger partial charge >= 0.3 is 0 Å². The van der Waals surface area contributed by atoms with E-state index in [-0.39, 0.29) is 0 Å². The van der Waals surface area contributed by atoms with E-state index in [4.69, 9.17) is 4.74 Å². The second kappa shape index (κ2) is 7.34. The van der Waals surface area contributed by atoms with Crippen LogP contribution in [0.25, 0.3) is 0 Å². The van der Waals surface area contributed by atoms with Gasteiger partial charge in [-0.15, -0.1) is 0 Å². The average molecular weight is 263 g/mol. The van der Waals surface area contributed by atoms with E-state index in [9.17, 15) is 8.42 Å². The Labute approximate surface area is 105 Å². The third kappa shape index (κ3) is 7.01. The monoisotopic (exact) mass is 263 g/mol. The first-order chi connectivity index (χ1) is 7.99. The van der Waals surface area contributed by atoms with Crippen LogP contribution in [-0.4, -0.2) is 45.7 Å². The number of ether oxygens (including phenoxy) is 1. The Morgan fingerprint density at radius 2 is 1.88 bits per heavy atom. The minimum absolute atomic E-state index is 0.332. The summed E-state index contributed by atoms with van der Waals surface area (Å²) in [5, 5.41) is 3.36. The highest BCUT2D eigenvalue weighted by Crippen LogP contribution is 2.11. The Morgan fingerprint density at radius 3 is 2.47 bits per heavy atom. The third-order valence-electron chi connectivity index (χ3n) is 3.07. The Morgan fingerprint density at radius 1 is 1.24 bits per heavy atom. The predicted molar refractivity (Wildman–Crippen MR) is 70.0 cm³/mol. The van der Waals surface area contributed by atoms with E-state index in [1.165, 1.54) is 0 Å². The van der Waals surface area contributed by atoms with E-state index in [1.807, 2.05) is 0 Å². The lowest BCUT2D eigenvalue weighted by Gasteiger charge is -2.23. The molecule has 102 valence electrons. The summed E-state index contributed by atoms with van der Waals surface area (Å²) >= 11 is 0. The molecule has 1 saturated heterocycles. The predicted octanol–water partition coefficient (Wildman–Crippen LogP) is 1.22. The van der Waals surface area contributed by atoms with Gasteiger partial charge in [0.1, 0.15) is 9.84 Å². The first-order valence-corrected chi connectivity index (χ1v) is 8.33. The van der Waals surface area contributed by atoms with Crippen LogP contribution in [0.3, 0.4) is 0 Å². The van der Waals surface area contributed by atoms with E-state index in [2.05, 4.69) is 19.2 Å². The normalized spacial score (nSPS) is 20.9. The highest BCUT2D eigenvalue weighted by atomic mass is 32.2. The smallest absolute Gasteiger partial charge is 0.150 e. The van der Waals surface area contributed by atoms with Crippen LogP contribution >= 0.6 is 0 Å². The minimum atomic E-state index is -2.74. The molecule has 0 aliphatic carbocycles. The SMILES string of the molecule is CC(C)CCOCCNC1CCS(=O)(=O)CC1. The van der Waals surface area contributed by atoms with Gasteiger partial charge in [0.15, 0.2) is 0 Å². The maximum atomic E-state index is 11.2. The largest absolute Gasteiger partial charge is 0.380 e. The van der Waals surface area contributed by atoms with Crippen LogP contribution in [-0.2, 0) is 14.6 Å². The molecular formula is C12H25NO3S. The van der Waals surface area contributed by atoms with Gasteiger partial charge in [0.2, 0.25) is 0 Å². The summed E-state index contributed by atoms with van der Waals surface area (Å²) < 4.78 is 27.9. The Bertz CT molecular complexity index is 287. The van der Waals surface area contributed by atoms with E-state index in [1.54, 1.807) is 0 Å². The molecular weight excluding hydrogens is 238 g/mol. The van der Waals surface area contributed by atoms with E-state index in [0.717, 1.165) is 39.0 Å².